The van der Waals surface area contributed by atoms with Crippen LogP contribution in [0.3, 0.4) is 0 Å². The average Bonchev–Trinajstić information content (AvgIpc) is 2.85. The van der Waals surface area contributed by atoms with Crippen LogP contribution in [0.5, 0.6) is 0 Å². The minimum absolute atomic E-state index is 0.248. The normalized spacial score (nSPS) is 26.6. The first-order valence-electron chi connectivity index (χ1n) is 4.98. The van der Waals surface area contributed by atoms with Crippen LogP contribution in [0.4, 0.5) is 0 Å². The maximum Gasteiger partial charge on any atom is 0.213 e. The van der Waals surface area contributed by atoms with Crippen LogP contribution in [-0.4, -0.2) is 41.8 Å². The van der Waals surface area contributed by atoms with Crippen molar-refractivity contribution in [2.45, 2.75) is 25.3 Å². The average molecular weight is 194 g/mol. The molecule has 1 unspecified atom stereocenters. The smallest absolute Gasteiger partial charge is 0.213 e. The molecule has 0 aromatic rings. The largest absolute Gasteiger partial charge is 0.338 e. The molecule has 0 spiro atoms. The van der Waals surface area contributed by atoms with Gasteiger partial charge < -0.3 is 9.80 Å². The third kappa shape index (κ3) is 1.52. The summed E-state index contributed by atoms with van der Waals surface area (Å²) in [5.41, 5.74) is 1.22. The Kier molecular flexibility index (Phi) is 2.52. The molecule has 14 heavy (non-hydrogen) atoms. The van der Waals surface area contributed by atoms with Crippen molar-refractivity contribution < 1.29 is 9.59 Å². The van der Waals surface area contributed by atoms with Crippen molar-refractivity contribution in [2.75, 3.05) is 13.1 Å². The Morgan fingerprint density at radius 1 is 1.29 bits per heavy atom. The van der Waals surface area contributed by atoms with Gasteiger partial charge in [-0.15, -0.1) is 0 Å². The highest BCUT2D eigenvalue weighted by atomic mass is 16.1. The van der Waals surface area contributed by atoms with Gasteiger partial charge in [-0.3, -0.25) is 9.59 Å². The topological polar surface area (TPSA) is 40.6 Å². The van der Waals surface area contributed by atoms with Gasteiger partial charge in [0.2, 0.25) is 12.8 Å². The van der Waals surface area contributed by atoms with Gasteiger partial charge in [-0.05, 0) is 24.8 Å². The van der Waals surface area contributed by atoms with Crippen molar-refractivity contribution in [2.24, 2.45) is 0 Å². The van der Waals surface area contributed by atoms with E-state index in [2.05, 4.69) is 0 Å². The number of rotatable bonds is 3. The first kappa shape index (κ1) is 9.24. The Morgan fingerprint density at radius 2 is 2.14 bits per heavy atom. The fourth-order valence-electron chi connectivity index (χ4n) is 2.25. The van der Waals surface area contributed by atoms with Gasteiger partial charge in [0, 0.05) is 19.3 Å². The lowest BCUT2D eigenvalue weighted by Gasteiger charge is -2.20. The molecule has 2 aliphatic heterocycles. The second-order valence-electron chi connectivity index (χ2n) is 3.80. The SMILES string of the molecule is O=CN1C=C(C2CCCN2C=O)CC1. The van der Waals surface area contributed by atoms with Gasteiger partial charge in [-0.25, -0.2) is 0 Å². The van der Waals surface area contributed by atoms with Crippen LogP contribution in [-0.2, 0) is 9.59 Å². The third-order valence-corrected chi connectivity index (χ3v) is 2.98. The van der Waals surface area contributed by atoms with Crippen molar-refractivity contribution in [1.82, 2.24) is 9.80 Å². The first-order valence-corrected chi connectivity index (χ1v) is 4.98. The quantitative estimate of drug-likeness (QED) is 0.608. The molecule has 0 saturated carbocycles. The molecule has 0 bridgehead atoms. The van der Waals surface area contributed by atoms with Crippen molar-refractivity contribution in [3.05, 3.63) is 11.8 Å². The predicted octanol–water partition coefficient (Wildman–Crippen LogP) is 0.353. The van der Waals surface area contributed by atoms with Crippen LogP contribution < -0.4 is 0 Å². The third-order valence-electron chi connectivity index (χ3n) is 2.98. The fraction of sp³-hybridized carbons (Fsp3) is 0.600. The van der Waals surface area contributed by atoms with Crippen molar-refractivity contribution in [1.29, 1.82) is 0 Å². The second-order valence-corrected chi connectivity index (χ2v) is 3.80. The van der Waals surface area contributed by atoms with Crippen molar-refractivity contribution >= 4 is 12.8 Å². The maximum atomic E-state index is 10.7. The van der Waals surface area contributed by atoms with E-state index in [0.29, 0.717) is 0 Å². The summed E-state index contributed by atoms with van der Waals surface area (Å²) in [5.74, 6) is 0. The molecule has 0 N–H and O–H groups in total. The summed E-state index contributed by atoms with van der Waals surface area (Å²) >= 11 is 0. The zero-order chi connectivity index (χ0) is 9.97. The molecule has 2 amide bonds. The molecule has 1 atom stereocenters. The number of carbonyl (C=O) groups is 2. The van der Waals surface area contributed by atoms with E-state index in [1.54, 1.807) is 4.90 Å². The molecule has 2 heterocycles. The molecule has 1 saturated heterocycles. The van der Waals surface area contributed by atoms with Gasteiger partial charge in [0.1, 0.15) is 0 Å². The molecular weight excluding hydrogens is 180 g/mol. The van der Waals surface area contributed by atoms with Crippen molar-refractivity contribution in [3.8, 4) is 0 Å². The first-order chi connectivity index (χ1) is 6.85. The maximum absolute atomic E-state index is 10.7. The van der Waals surface area contributed by atoms with Gasteiger partial charge in [-0.1, -0.05) is 0 Å². The number of nitrogens with zero attached hydrogens (tertiary/aromatic N) is 2. The van der Waals surface area contributed by atoms with E-state index >= 15 is 0 Å². The summed E-state index contributed by atoms with van der Waals surface area (Å²) < 4.78 is 0. The molecule has 2 aliphatic rings. The lowest BCUT2D eigenvalue weighted by atomic mass is 10.0. The molecule has 76 valence electrons. The fourth-order valence-corrected chi connectivity index (χ4v) is 2.25. The van der Waals surface area contributed by atoms with E-state index in [4.69, 9.17) is 0 Å². The monoisotopic (exact) mass is 194 g/mol. The summed E-state index contributed by atoms with van der Waals surface area (Å²) in [7, 11) is 0. The molecular formula is C10H14N2O2. The van der Waals surface area contributed by atoms with Gasteiger partial charge in [0.05, 0.1) is 6.04 Å². The van der Waals surface area contributed by atoms with Crippen LogP contribution >= 0.6 is 0 Å². The molecule has 1 fully saturated rings. The lowest BCUT2D eigenvalue weighted by molar-refractivity contribution is -0.118. The van der Waals surface area contributed by atoms with Crippen LogP contribution in [0.1, 0.15) is 19.3 Å². The van der Waals surface area contributed by atoms with Gasteiger partial charge >= 0.3 is 0 Å². The minimum atomic E-state index is 0.248. The number of hydrogen-bond donors (Lipinski definition) is 0. The van der Waals surface area contributed by atoms with Crippen LogP contribution in [0.25, 0.3) is 0 Å². The molecule has 2 rings (SSSR count). The highest BCUT2D eigenvalue weighted by molar-refractivity contribution is 5.53. The van der Waals surface area contributed by atoms with E-state index in [-0.39, 0.29) is 6.04 Å². The molecule has 4 heteroatoms. The van der Waals surface area contributed by atoms with E-state index in [9.17, 15) is 9.59 Å². The zero-order valence-corrected chi connectivity index (χ0v) is 8.06. The highest BCUT2D eigenvalue weighted by Crippen LogP contribution is 2.27. The predicted molar refractivity (Wildman–Crippen MR) is 51.3 cm³/mol. The van der Waals surface area contributed by atoms with Crippen molar-refractivity contribution in [3.63, 3.8) is 0 Å². The highest BCUT2D eigenvalue weighted by Gasteiger charge is 2.28. The van der Waals surface area contributed by atoms with Gasteiger partial charge in [0.25, 0.3) is 0 Å². The summed E-state index contributed by atoms with van der Waals surface area (Å²) in [6, 6.07) is 0.248. The summed E-state index contributed by atoms with van der Waals surface area (Å²) in [4.78, 5) is 24.7. The number of carbonyl (C=O) groups excluding carboxylic acids is 2. The Hall–Kier alpha value is -1.32. The summed E-state index contributed by atoms with van der Waals surface area (Å²) in [6.07, 6.45) is 6.67. The molecule has 4 nitrogen and oxygen atoms in total. The summed E-state index contributed by atoms with van der Waals surface area (Å²) in [5, 5.41) is 0. The number of likely N-dealkylation sites (tertiary alicyclic amines) is 1. The molecule has 0 aliphatic carbocycles. The van der Waals surface area contributed by atoms with Crippen LogP contribution in [0, 0.1) is 0 Å². The standard InChI is InChI=1S/C10H14N2O2/c13-7-11-5-3-9(6-11)10-2-1-4-12(10)8-14/h6-8,10H,1-5H2. The molecule has 0 aromatic heterocycles. The van der Waals surface area contributed by atoms with E-state index in [1.807, 2.05) is 11.1 Å². The Morgan fingerprint density at radius 3 is 2.79 bits per heavy atom. The van der Waals surface area contributed by atoms with E-state index < -0.39 is 0 Å². The number of hydrogen-bond acceptors (Lipinski definition) is 2. The van der Waals surface area contributed by atoms with E-state index in [1.165, 1.54) is 5.57 Å². The Bertz CT molecular complexity index is 275. The molecule has 0 aromatic carbocycles. The summed E-state index contributed by atoms with van der Waals surface area (Å²) in [6.45, 7) is 1.62. The zero-order valence-electron chi connectivity index (χ0n) is 8.06. The van der Waals surface area contributed by atoms with Crippen LogP contribution in [0.15, 0.2) is 11.8 Å². The lowest BCUT2D eigenvalue weighted by Crippen LogP contribution is -2.29. The minimum Gasteiger partial charge on any atom is -0.338 e. The van der Waals surface area contributed by atoms with Gasteiger partial charge in [-0.2, -0.15) is 0 Å². The van der Waals surface area contributed by atoms with Crippen LogP contribution in [0.2, 0.25) is 0 Å². The molecule has 0 radical (unpaired) electrons. The second kappa shape index (κ2) is 3.82. The Balaban J connectivity index is 2.07. The number of amides is 2. The Labute approximate surface area is 83.2 Å². The van der Waals surface area contributed by atoms with E-state index in [0.717, 1.165) is 45.2 Å². The van der Waals surface area contributed by atoms with Gasteiger partial charge in [0.15, 0.2) is 0 Å².